The van der Waals surface area contributed by atoms with E-state index < -0.39 is 5.60 Å². The molecule has 6 nitrogen and oxygen atoms in total. The van der Waals surface area contributed by atoms with Crippen LogP contribution in [-0.2, 0) is 0 Å². The molecule has 6 heteroatoms. The second-order valence-corrected chi connectivity index (χ2v) is 9.68. The van der Waals surface area contributed by atoms with Crippen molar-refractivity contribution >= 4 is 11.9 Å². The molecule has 0 saturated heterocycles. The van der Waals surface area contributed by atoms with Gasteiger partial charge in [-0.1, -0.05) is 6.42 Å². The minimum atomic E-state index is -0.467. The highest BCUT2D eigenvalue weighted by Crippen LogP contribution is 2.55. The summed E-state index contributed by atoms with van der Waals surface area (Å²) in [6, 6.07) is 0.192. The third kappa shape index (κ3) is 2.93. The molecular formula is C21H30N4O2. The van der Waals surface area contributed by atoms with E-state index in [0.29, 0.717) is 35.2 Å². The second kappa shape index (κ2) is 6.16. The molecule has 0 aliphatic heterocycles. The van der Waals surface area contributed by atoms with E-state index in [1.165, 1.54) is 6.42 Å². The number of nitrogens with one attached hydrogen (secondary N) is 1. The number of nitrogens with zero attached hydrogens (tertiary/aromatic N) is 3. The zero-order valence-corrected chi connectivity index (χ0v) is 16.3. The molecular weight excluding hydrogens is 340 g/mol. The number of hydrogen-bond donors (Lipinski definition) is 2. The Kier molecular flexibility index (Phi) is 3.97. The first-order valence-corrected chi connectivity index (χ1v) is 10.5. The average Bonchev–Trinajstić information content (AvgIpc) is 2.54. The molecule has 0 radical (unpaired) electrons. The van der Waals surface area contributed by atoms with Crippen LogP contribution in [0.4, 0.5) is 5.95 Å². The molecule has 2 atom stereocenters. The van der Waals surface area contributed by atoms with Crippen molar-refractivity contribution < 1.29 is 9.90 Å². The van der Waals surface area contributed by atoms with Gasteiger partial charge in [0, 0.05) is 32.3 Å². The van der Waals surface area contributed by atoms with Gasteiger partial charge in [-0.25, -0.2) is 9.97 Å². The molecule has 5 aliphatic rings. The predicted molar refractivity (Wildman–Crippen MR) is 103 cm³/mol. The molecule has 1 aromatic heterocycles. The van der Waals surface area contributed by atoms with E-state index in [-0.39, 0.29) is 11.9 Å². The van der Waals surface area contributed by atoms with Crippen LogP contribution in [0.1, 0.15) is 73.3 Å². The highest BCUT2D eigenvalue weighted by molar-refractivity contribution is 5.95. The van der Waals surface area contributed by atoms with Crippen LogP contribution in [0.2, 0.25) is 0 Å². The first-order valence-electron chi connectivity index (χ1n) is 10.5. The van der Waals surface area contributed by atoms with Gasteiger partial charge in [-0.3, -0.25) is 4.79 Å². The minimum absolute atomic E-state index is 0.0216. The standard InChI is InChI=1S/C21H30N4O2/c1-25(2)20-22-11-16(18(24-20)13-4-3-5-13)19(26)23-17-14-6-12-7-15(17)10-21(27,8-12)9-14/h11-15,17,27H,3-10H2,1-2H3,(H,23,26). The average molecular weight is 370 g/mol. The molecule has 27 heavy (non-hydrogen) atoms. The van der Waals surface area contributed by atoms with Crippen molar-refractivity contribution in [2.45, 2.75) is 68.9 Å². The molecule has 2 unspecified atom stereocenters. The zero-order valence-electron chi connectivity index (χ0n) is 16.3. The Bertz CT molecular complexity index is 745. The second-order valence-electron chi connectivity index (χ2n) is 9.68. The van der Waals surface area contributed by atoms with Gasteiger partial charge in [0.15, 0.2) is 0 Å². The molecule has 0 aromatic carbocycles. The van der Waals surface area contributed by atoms with Crippen LogP contribution in [0, 0.1) is 17.8 Å². The van der Waals surface area contributed by atoms with Crippen LogP contribution >= 0.6 is 0 Å². The first kappa shape index (κ1) is 17.4. The van der Waals surface area contributed by atoms with Crippen molar-refractivity contribution in [2.75, 3.05) is 19.0 Å². The van der Waals surface area contributed by atoms with Crippen molar-refractivity contribution in [1.29, 1.82) is 0 Å². The maximum absolute atomic E-state index is 13.2. The maximum Gasteiger partial charge on any atom is 0.254 e. The molecule has 1 amide bonds. The quantitative estimate of drug-likeness (QED) is 0.851. The van der Waals surface area contributed by atoms with Crippen LogP contribution in [0.3, 0.4) is 0 Å². The Labute approximate surface area is 160 Å². The molecule has 5 aliphatic carbocycles. The molecule has 2 N–H and O–H groups in total. The maximum atomic E-state index is 13.2. The lowest BCUT2D eigenvalue weighted by Gasteiger charge is -2.58. The fourth-order valence-corrected chi connectivity index (χ4v) is 6.21. The van der Waals surface area contributed by atoms with Crippen LogP contribution in [0.5, 0.6) is 0 Å². The molecule has 0 spiro atoms. The van der Waals surface area contributed by atoms with Crippen molar-refractivity contribution in [1.82, 2.24) is 15.3 Å². The molecule has 6 rings (SSSR count). The molecule has 146 valence electrons. The van der Waals surface area contributed by atoms with E-state index in [1.807, 2.05) is 19.0 Å². The van der Waals surface area contributed by atoms with Crippen molar-refractivity contribution in [3.63, 3.8) is 0 Å². The summed E-state index contributed by atoms with van der Waals surface area (Å²) >= 11 is 0. The third-order valence-corrected chi connectivity index (χ3v) is 7.48. The zero-order chi connectivity index (χ0) is 18.8. The molecule has 5 saturated carbocycles. The highest BCUT2D eigenvalue weighted by Gasteiger charge is 2.55. The van der Waals surface area contributed by atoms with Crippen LogP contribution < -0.4 is 10.2 Å². The summed E-state index contributed by atoms with van der Waals surface area (Å²) in [6.45, 7) is 0. The summed E-state index contributed by atoms with van der Waals surface area (Å²) in [5.74, 6) is 2.51. The summed E-state index contributed by atoms with van der Waals surface area (Å²) < 4.78 is 0. The van der Waals surface area contributed by atoms with Gasteiger partial charge in [0.1, 0.15) is 0 Å². The number of anilines is 1. The SMILES string of the molecule is CN(C)c1ncc(C(=O)NC2C3CC4CC2CC(O)(C4)C3)c(C2CCC2)n1. The van der Waals surface area contributed by atoms with Gasteiger partial charge in [0.05, 0.1) is 16.9 Å². The molecule has 1 heterocycles. The fourth-order valence-electron chi connectivity index (χ4n) is 6.21. The Hall–Kier alpha value is -1.69. The van der Waals surface area contributed by atoms with Crippen molar-refractivity contribution in [2.24, 2.45) is 17.8 Å². The van der Waals surface area contributed by atoms with E-state index in [0.717, 1.165) is 50.6 Å². The van der Waals surface area contributed by atoms with Crippen LogP contribution in [0.15, 0.2) is 6.20 Å². The lowest BCUT2D eigenvalue weighted by molar-refractivity contribution is -0.136. The van der Waals surface area contributed by atoms with Crippen LogP contribution in [-0.4, -0.2) is 46.7 Å². The minimum Gasteiger partial charge on any atom is -0.390 e. The molecule has 5 fully saturated rings. The molecule has 4 bridgehead atoms. The lowest BCUT2D eigenvalue weighted by atomic mass is 9.52. The Morgan fingerprint density at radius 2 is 1.93 bits per heavy atom. The summed E-state index contributed by atoms with van der Waals surface area (Å²) in [6.07, 6.45) is 10.1. The number of aliphatic hydroxyl groups is 1. The third-order valence-electron chi connectivity index (χ3n) is 7.48. The number of hydrogen-bond acceptors (Lipinski definition) is 5. The predicted octanol–water partition coefficient (Wildman–Crippen LogP) is 2.48. The number of carbonyl (C=O) groups excluding carboxylic acids is 1. The van der Waals surface area contributed by atoms with Gasteiger partial charge < -0.3 is 15.3 Å². The summed E-state index contributed by atoms with van der Waals surface area (Å²) in [7, 11) is 3.86. The monoisotopic (exact) mass is 370 g/mol. The van der Waals surface area contributed by atoms with Gasteiger partial charge >= 0.3 is 0 Å². The Morgan fingerprint density at radius 1 is 1.22 bits per heavy atom. The van der Waals surface area contributed by atoms with Crippen molar-refractivity contribution in [3.05, 3.63) is 17.5 Å². The van der Waals surface area contributed by atoms with E-state index in [2.05, 4.69) is 10.3 Å². The Morgan fingerprint density at radius 3 is 2.48 bits per heavy atom. The van der Waals surface area contributed by atoms with Gasteiger partial charge in [-0.2, -0.15) is 0 Å². The lowest BCUT2D eigenvalue weighted by Crippen LogP contribution is -2.61. The van der Waals surface area contributed by atoms with Gasteiger partial charge in [0.2, 0.25) is 5.95 Å². The number of rotatable bonds is 4. The summed E-state index contributed by atoms with van der Waals surface area (Å²) in [4.78, 5) is 24.2. The topological polar surface area (TPSA) is 78.4 Å². The normalized spacial score (nSPS) is 37.1. The number of aromatic nitrogens is 2. The van der Waals surface area contributed by atoms with Gasteiger partial charge in [-0.15, -0.1) is 0 Å². The number of amides is 1. The smallest absolute Gasteiger partial charge is 0.254 e. The Balaban J connectivity index is 1.38. The van der Waals surface area contributed by atoms with E-state index in [9.17, 15) is 9.90 Å². The van der Waals surface area contributed by atoms with E-state index in [4.69, 9.17) is 4.98 Å². The number of carbonyl (C=O) groups is 1. The summed E-state index contributed by atoms with van der Waals surface area (Å²) in [5, 5.41) is 14.1. The van der Waals surface area contributed by atoms with Gasteiger partial charge in [0.25, 0.3) is 5.91 Å². The highest BCUT2D eigenvalue weighted by atomic mass is 16.3. The van der Waals surface area contributed by atoms with E-state index >= 15 is 0 Å². The van der Waals surface area contributed by atoms with Crippen LogP contribution in [0.25, 0.3) is 0 Å². The van der Waals surface area contributed by atoms with Crippen molar-refractivity contribution in [3.8, 4) is 0 Å². The van der Waals surface area contributed by atoms with E-state index in [1.54, 1.807) is 6.20 Å². The summed E-state index contributed by atoms with van der Waals surface area (Å²) in [5.41, 5.74) is 1.10. The van der Waals surface area contributed by atoms with Gasteiger partial charge in [-0.05, 0) is 62.7 Å². The first-order chi connectivity index (χ1) is 12.9. The molecule has 1 aromatic rings. The fraction of sp³-hybridized carbons (Fsp3) is 0.762. The largest absolute Gasteiger partial charge is 0.390 e.